The van der Waals surface area contributed by atoms with Crippen molar-refractivity contribution in [1.82, 2.24) is 10.3 Å². The summed E-state index contributed by atoms with van der Waals surface area (Å²) >= 11 is 0. The molecule has 0 amide bonds. The van der Waals surface area contributed by atoms with E-state index in [2.05, 4.69) is 17.2 Å². The Morgan fingerprint density at radius 1 is 1.54 bits per heavy atom. The molecule has 0 saturated carbocycles. The molecular weight excluding hydrogens is 164 g/mol. The Morgan fingerprint density at radius 3 is 2.85 bits per heavy atom. The van der Waals surface area contributed by atoms with Crippen LogP contribution in [0, 0.1) is 6.92 Å². The second-order valence-corrected chi connectivity index (χ2v) is 3.80. The topological polar surface area (TPSA) is 34.1 Å². The smallest absolute Gasteiger partial charge is 0.131 e. The highest BCUT2D eigenvalue weighted by Crippen LogP contribution is 2.23. The number of nitrogens with zero attached hydrogens (tertiary/aromatic N) is 1. The van der Waals surface area contributed by atoms with Crippen LogP contribution in [0.1, 0.15) is 12.5 Å². The van der Waals surface area contributed by atoms with Crippen molar-refractivity contribution in [1.29, 1.82) is 0 Å². The Hall–Kier alpha value is -1.09. The summed E-state index contributed by atoms with van der Waals surface area (Å²) in [7, 11) is 0. The third kappa shape index (κ3) is 1.65. The Bertz CT molecular complexity index is 308. The molecule has 1 aliphatic heterocycles. The molecule has 3 heteroatoms. The Kier molecular flexibility index (Phi) is 1.96. The number of pyridine rings is 1. The van der Waals surface area contributed by atoms with Crippen molar-refractivity contribution in [2.45, 2.75) is 19.4 Å². The van der Waals surface area contributed by atoms with Crippen molar-refractivity contribution >= 4 is 0 Å². The summed E-state index contributed by atoms with van der Waals surface area (Å²) in [5.74, 6) is 0.944. The van der Waals surface area contributed by atoms with Gasteiger partial charge in [-0.25, -0.2) is 0 Å². The summed E-state index contributed by atoms with van der Waals surface area (Å²) in [6.07, 6.45) is 3.59. The van der Waals surface area contributed by atoms with Crippen LogP contribution in [0.3, 0.4) is 0 Å². The van der Waals surface area contributed by atoms with Crippen LogP contribution in [-0.2, 0) is 0 Å². The zero-order valence-corrected chi connectivity index (χ0v) is 8.00. The van der Waals surface area contributed by atoms with Gasteiger partial charge < -0.3 is 10.1 Å². The summed E-state index contributed by atoms with van der Waals surface area (Å²) < 4.78 is 5.87. The molecule has 2 rings (SSSR count). The molecule has 0 aromatic carbocycles. The minimum Gasteiger partial charge on any atom is -0.485 e. The van der Waals surface area contributed by atoms with Gasteiger partial charge in [0.2, 0.25) is 0 Å². The monoisotopic (exact) mass is 178 g/mol. The highest BCUT2D eigenvalue weighted by molar-refractivity contribution is 5.29. The molecule has 0 radical (unpaired) electrons. The van der Waals surface area contributed by atoms with Gasteiger partial charge in [-0.1, -0.05) is 0 Å². The summed E-state index contributed by atoms with van der Waals surface area (Å²) in [6, 6.07) is 1.92. The molecule has 3 nitrogen and oxygen atoms in total. The van der Waals surface area contributed by atoms with Crippen molar-refractivity contribution in [2.24, 2.45) is 0 Å². The minimum atomic E-state index is -0.0217. The van der Waals surface area contributed by atoms with E-state index in [1.165, 1.54) is 0 Å². The van der Waals surface area contributed by atoms with E-state index in [0.29, 0.717) is 0 Å². The quantitative estimate of drug-likeness (QED) is 0.737. The molecule has 0 aliphatic carbocycles. The van der Waals surface area contributed by atoms with Crippen LogP contribution < -0.4 is 10.1 Å². The molecule has 1 aromatic heterocycles. The summed E-state index contributed by atoms with van der Waals surface area (Å²) in [5.41, 5.74) is 1.07. The van der Waals surface area contributed by atoms with Crippen molar-refractivity contribution in [2.75, 3.05) is 13.1 Å². The number of aryl methyl sites for hydroxylation is 1. The van der Waals surface area contributed by atoms with E-state index in [1.807, 2.05) is 19.2 Å². The van der Waals surface area contributed by atoms with Gasteiger partial charge in [-0.2, -0.15) is 0 Å². The molecule has 70 valence electrons. The van der Waals surface area contributed by atoms with Gasteiger partial charge in [0.05, 0.1) is 0 Å². The minimum absolute atomic E-state index is 0.0217. The van der Waals surface area contributed by atoms with Gasteiger partial charge in [0.1, 0.15) is 11.4 Å². The first-order chi connectivity index (χ1) is 6.20. The fourth-order valence-electron chi connectivity index (χ4n) is 1.39. The first-order valence-corrected chi connectivity index (χ1v) is 4.50. The Balaban J connectivity index is 2.13. The van der Waals surface area contributed by atoms with Crippen molar-refractivity contribution in [3.05, 3.63) is 24.0 Å². The lowest BCUT2D eigenvalue weighted by Gasteiger charge is -2.39. The standard InChI is InChI=1S/C10H14N2O/c1-8-5-11-4-3-9(8)13-10(2)6-12-7-10/h3-5,12H,6-7H2,1-2H3. The number of hydrogen-bond acceptors (Lipinski definition) is 3. The summed E-state index contributed by atoms with van der Waals surface area (Å²) in [4.78, 5) is 4.02. The van der Waals surface area contributed by atoms with Crippen LogP contribution in [0.4, 0.5) is 0 Å². The van der Waals surface area contributed by atoms with Crippen LogP contribution in [-0.4, -0.2) is 23.7 Å². The fourth-order valence-corrected chi connectivity index (χ4v) is 1.39. The Morgan fingerprint density at radius 2 is 2.31 bits per heavy atom. The van der Waals surface area contributed by atoms with Gasteiger partial charge >= 0.3 is 0 Å². The second kappa shape index (κ2) is 3.00. The maximum Gasteiger partial charge on any atom is 0.131 e. The fraction of sp³-hybridized carbons (Fsp3) is 0.500. The van der Waals surface area contributed by atoms with Crippen LogP contribution in [0.25, 0.3) is 0 Å². The first kappa shape index (κ1) is 8.51. The molecular formula is C10H14N2O. The third-order valence-corrected chi connectivity index (χ3v) is 2.32. The molecule has 1 N–H and O–H groups in total. The van der Waals surface area contributed by atoms with Gasteiger partial charge in [0, 0.05) is 31.0 Å². The van der Waals surface area contributed by atoms with Crippen LogP contribution in [0.2, 0.25) is 0 Å². The summed E-state index contributed by atoms with van der Waals surface area (Å²) in [5, 5.41) is 3.20. The average molecular weight is 178 g/mol. The SMILES string of the molecule is Cc1cnccc1OC1(C)CNC1. The van der Waals surface area contributed by atoms with E-state index in [-0.39, 0.29) is 5.60 Å². The summed E-state index contributed by atoms with van der Waals surface area (Å²) in [6.45, 7) is 5.98. The van der Waals surface area contributed by atoms with E-state index in [1.54, 1.807) is 6.20 Å². The molecule has 0 bridgehead atoms. The van der Waals surface area contributed by atoms with Gasteiger partial charge in [0.15, 0.2) is 0 Å². The lowest BCUT2D eigenvalue weighted by atomic mass is 10.00. The maximum atomic E-state index is 5.87. The number of hydrogen-bond donors (Lipinski definition) is 1. The lowest BCUT2D eigenvalue weighted by Crippen LogP contribution is -2.61. The predicted molar refractivity (Wildman–Crippen MR) is 50.9 cm³/mol. The molecule has 0 spiro atoms. The van der Waals surface area contributed by atoms with Gasteiger partial charge in [-0.05, 0) is 19.9 Å². The van der Waals surface area contributed by atoms with Gasteiger partial charge in [0.25, 0.3) is 0 Å². The highest BCUT2D eigenvalue weighted by Gasteiger charge is 2.34. The molecule has 0 unspecified atom stereocenters. The molecule has 1 aliphatic rings. The zero-order chi connectivity index (χ0) is 9.31. The number of ether oxygens (including phenoxy) is 1. The lowest BCUT2D eigenvalue weighted by molar-refractivity contribution is 0.0341. The third-order valence-electron chi connectivity index (χ3n) is 2.32. The van der Waals surface area contributed by atoms with Crippen LogP contribution in [0.15, 0.2) is 18.5 Å². The van der Waals surface area contributed by atoms with E-state index in [0.717, 1.165) is 24.4 Å². The number of nitrogens with one attached hydrogen (secondary N) is 1. The van der Waals surface area contributed by atoms with Crippen molar-refractivity contribution < 1.29 is 4.74 Å². The van der Waals surface area contributed by atoms with Crippen LogP contribution >= 0.6 is 0 Å². The molecule has 0 atom stereocenters. The first-order valence-electron chi connectivity index (χ1n) is 4.50. The second-order valence-electron chi connectivity index (χ2n) is 3.80. The molecule has 1 fully saturated rings. The predicted octanol–water partition coefficient (Wildman–Crippen LogP) is 1.13. The van der Waals surface area contributed by atoms with Crippen molar-refractivity contribution in [3.8, 4) is 5.75 Å². The van der Waals surface area contributed by atoms with E-state index in [9.17, 15) is 0 Å². The van der Waals surface area contributed by atoms with Crippen molar-refractivity contribution in [3.63, 3.8) is 0 Å². The van der Waals surface area contributed by atoms with Gasteiger partial charge in [-0.3, -0.25) is 4.98 Å². The normalized spacial score (nSPS) is 19.2. The molecule has 1 aromatic rings. The Labute approximate surface area is 78.1 Å². The zero-order valence-electron chi connectivity index (χ0n) is 8.00. The molecule has 13 heavy (non-hydrogen) atoms. The molecule has 2 heterocycles. The largest absolute Gasteiger partial charge is 0.485 e. The van der Waals surface area contributed by atoms with E-state index >= 15 is 0 Å². The highest BCUT2D eigenvalue weighted by atomic mass is 16.5. The molecule has 1 saturated heterocycles. The van der Waals surface area contributed by atoms with E-state index in [4.69, 9.17) is 4.74 Å². The number of aromatic nitrogens is 1. The van der Waals surface area contributed by atoms with Crippen LogP contribution in [0.5, 0.6) is 5.75 Å². The van der Waals surface area contributed by atoms with Gasteiger partial charge in [-0.15, -0.1) is 0 Å². The number of rotatable bonds is 2. The van der Waals surface area contributed by atoms with E-state index < -0.39 is 0 Å². The maximum absolute atomic E-state index is 5.87. The average Bonchev–Trinajstić information content (AvgIpc) is 2.06.